The van der Waals surface area contributed by atoms with Gasteiger partial charge in [0, 0.05) is 41.2 Å². The van der Waals surface area contributed by atoms with E-state index in [9.17, 15) is 0 Å². The van der Waals surface area contributed by atoms with Gasteiger partial charge in [0.05, 0.1) is 12.8 Å². The Bertz CT molecular complexity index is 1740. The average Bonchev–Trinajstić information content (AvgIpc) is 3.68. The number of allylic oxidation sites excluding steroid dienone is 1. The van der Waals surface area contributed by atoms with E-state index in [2.05, 4.69) is 96.5 Å². The second kappa shape index (κ2) is 12.1. The lowest BCUT2D eigenvalue weighted by Gasteiger charge is -2.21. The van der Waals surface area contributed by atoms with Crippen LogP contribution in [0, 0.1) is 0 Å². The van der Waals surface area contributed by atoms with E-state index in [0.717, 1.165) is 69.5 Å². The number of methoxy groups -OCH3 is 1. The lowest BCUT2D eigenvalue weighted by molar-refractivity contribution is 0.415. The molecule has 1 aliphatic rings. The largest absolute Gasteiger partial charge is 0.497 e. The summed E-state index contributed by atoms with van der Waals surface area (Å²) in [5, 5.41) is 0. The predicted octanol–water partition coefficient (Wildman–Crippen LogP) is 8.82. The first-order valence-corrected chi connectivity index (χ1v) is 14.4. The highest BCUT2D eigenvalue weighted by Gasteiger charge is 2.21. The number of nitrogens with one attached hydrogen (secondary N) is 1. The minimum Gasteiger partial charge on any atom is -0.497 e. The number of ether oxygens (including phenoxy) is 1. The lowest BCUT2D eigenvalue weighted by atomic mass is 10.0. The van der Waals surface area contributed by atoms with Crippen molar-refractivity contribution >= 4 is 28.6 Å². The molecule has 5 aromatic rings. The molecule has 42 heavy (non-hydrogen) atoms. The summed E-state index contributed by atoms with van der Waals surface area (Å²) in [7, 11) is 1.68. The average molecular weight is 551 g/mol. The summed E-state index contributed by atoms with van der Waals surface area (Å²) in [6.45, 7) is 6.33. The van der Waals surface area contributed by atoms with E-state index >= 15 is 0 Å². The molecule has 0 unspecified atom stereocenters. The van der Waals surface area contributed by atoms with E-state index in [1.165, 1.54) is 5.69 Å². The standard InChI is InChI=1S/C37H34N4O/c1-4-41(5-2)30-20-16-28(17-21-30)34-24-32(26-12-8-6-9-13-26)36(38-34)40-37-33(27-14-10-7-11-15-27)25-35(39-37)29-18-22-31(42-3)23-19-29/h6-25,38H,4-5H2,1-3H3/b40-37-. The molecule has 0 radical (unpaired) electrons. The van der Waals surface area contributed by atoms with Crippen LogP contribution in [0.3, 0.4) is 0 Å². The third kappa shape index (κ3) is 5.54. The minimum atomic E-state index is 0.675. The van der Waals surface area contributed by atoms with Crippen molar-refractivity contribution in [1.82, 2.24) is 4.98 Å². The Morgan fingerprint density at radius 2 is 1.33 bits per heavy atom. The number of hydrogen-bond acceptors (Lipinski definition) is 3. The summed E-state index contributed by atoms with van der Waals surface area (Å²) >= 11 is 0. The molecule has 0 saturated heterocycles. The molecular formula is C37H34N4O. The van der Waals surface area contributed by atoms with Crippen LogP contribution < -0.4 is 9.64 Å². The van der Waals surface area contributed by atoms with Gasteiger partial charge < -0.3 is 14.6 Å². The molecule has 2 heterocycles. The van der Waals surface area contributed by atoms with E-state index in [0.29, 0.717) is 5.84 Å². The van der Waals surface area contributed by atoms with Gasteiger partial charge in [-0.05, 0) is 79.1 Å². The maximum atomic E-state index is 5.36. The number of H-pyrrole nitrogens is 1. The quantitative estimate of drug-likeness (QED) is 0.199. The Labute approximate surface area is 247 Å². The molecule has 0 bridgehead atoms. The van der Waals surface area contributed by atoms with Crippen molar-refractivity contribution in [2.75, 3.05) is 25.1 Å². The van der Waals surface area contributed by atoms with Crippen molar-refractivity contribution in [1.29, 1.82) is 0 Å². The summed E-state index contributed by atoms with van der Waals surface area (Å²) in [5.41, 5.74) is 9.43. The normalized spacial score (nSPS) is 13.6. The molecule has 1 N–H and O–H groups in total. The second-order valence-corrected chi connectivity index (χ2v) is 10.1. The monoisotopic (exact) mass is 550 g/mol. The Hall–Kier alpha value is -5.16. The fourth-order valence-electron chi connectivity index (χ4n) is 5.30. The van der Waals surface area contributed by atoms with Crippen molar-refractivity contribution in [3.05, 3.63) is 132 Å². The highest BCUT2D eigenvalue weighted by molar-refractivity contribution is 6.38. The fraction of sp³-hybridized carbons (Fsp3) is 0.135. The first kappa shape index (κ1) is 27.0. The SMILES string of the molecule is CCN(CC)c1ccc(-c2cc(-c3ccccc3)c(/N=C3\N=C(c4ccc(OC)cc4)C=C3c3ccccc3)[nH]2)cc1. The molecule has 0 aliphatic carbocycles. The molecule has 5 nitrogen and oxygen atoms in total. The number of aliphatic imine (C=N–C) groups is 2. The van der Waals surface area contributed by atoms with Gasteiger partial charge in [0.1, 0.15) is 11.6 Å². The van der Waals surface area contributed by atoms with Gasteiger partial charge in [-0.3, -0.25) is 0 Å². The number of aromatic amines is 1. The molecule has 0 atom stereocenters. The maximum Gasteiger partial charge on any atom is 0.162 e. The van der Waals surface area contributed by atoms with E-state index in [1.54, 1.807) is 7.11 Å². The van der Waals surface area contributed by atoms with Crippen LogP contribution in [0.2, 0.25) is 0 Å². The Kier molecular flexibility index (Phi) is 7.82. The molecule has 5 heteroatoms. The minimum absolute atomic E-state index is 0.675. The first-order chi connectivity index (χ1) is 20.7. The van der Waals surface area contributed by atoms with Gasteiger partial charge in [0.15, 0.2) is 5.84 Å². The number of amidine groups is 1. The molecule has 1 aromatic heterocycles. The molecular weight excluding hydrogens is 516 g/mol. The highest BCUT2D eigenvalue weighted by Crippen LogP contribution is 2.37. The van der Waals surface area contributed by atoms with Crippen molar-refractivity contribution in [2.24, 2.45) is 9.98 Å². The van der Waals surface area contributed by atoms with E-state index < -0.39 is 0 Å². The third-order valence-electron chi connectivity index (χ3n) is 7.63. The summed E-state index contributed by atoms with van der Waals surface area (Å²) in [5.74, 6) is 2.27. The summed E-state index contributed by atoms with van der Waals surface area (Å²) < 4.78 is 5.36. The Balaban J connectivity index is 1.45. The van der Waals surface area contributed by atoms with Gasteiger partial charge >= 0.3 is 0 Å². The van der Waals surface area contributed by atoms with Crippen molar-refractivity contribution in [3.8, 4) is 28.1 Å². The number of hydrogen-bond donors (Lipinski definition) is 1. The van der Waals surface area contributed by atoms with Gasteiger partial charge in [-0.2, -0.15) is 0 Å². The zero-order valence-corrected chi connectivity index (χ0v) is 24.2. The van der Waals surface area contributed by atoms with Crippen LogP contribution in [-0.2, 0) is 0 Å². The van der Waals surface area contributed by atoms with E-state index in [1.807, 2.05) is 48.5 Å². The number of aromatic nitrogens is 1. The number of rotatable bonds is 9. The third-order valence-corrected chi connectivity index (χ3v) is 7.63. The van der Waals surface area contributed by atoms with Crippen molar-refractivity contribution in [2.45, 2.75) is 13.8 Å². The zero-order valence-electron chi connectivity index (χ0n) is 24.2. The number of benzene rings is 4. The lowest BCUT2D eigenvalue weighted by Crippen LogP contribution is -2.21. The highest BCUT2D eigenvalue weighted by atomic mass is 16.5. The number of nitrogens with zero attached hydrogens (tertiary/aromatic N) is 3. The molecule has 6 rings (SSSR count). The Morgan fingerprint density at radius 3 is 1.95 bits per heavy atom. The van der Waals surface area contributed by atoms with Crippen LogP contribution in [0.25, 0.3) is 28.0 Å². The van der Waals surface area contributed by atoms with Crippen LogP contribution in [0.1, 0.15) is 25.0 Å². The summed E-state index contributed by atoms with van der Waals surface area (Å²) in [4.78, 5) is 16.2. The fourth-order valence-corrected chi connectivity index (χ4v) is 5.30. The van der Waals surface area contributed by atoms with Gasteiger partial charge in [-0.25, -0.2) is 9.98 Å². The predicted molar refractivity (Wildman–Crippen MR) is 176 cm³/mol. The first-order valence-electron chi connectivity index (χ1n) is 14.4. The second-order valence-electron chi connectivity index (χ2n) is 10.1. The van der Waals surface area contributed by atoms with Crippen LogP contribution in [0.4, 0.5) is 11.5 Å². The van der Waals surface area contributed by atoms with Gasteiger partial charge in [-0.15, -0.1) is 0 Å². The van der Waals surface area contributed by atoms with Gasteiger partial charge in [-0.1, -0.05) is 72.8 Å². The maximum absolute atomic E-state index is 5.36. The van der Waals surface area contributed by atoms with Crippen molar-refractivity contribution in [3.63, 3.8) is 0 Å². The Morgan fingerprint density at radius 1 is 0.714 bits per heavy atom. The number of anilines is 1. The zero-order chi connectivity index (χ0) is 28.9. The molecule has 0 fully saturated rings. The van der Waals surface area contributed by atoms with Crippen LogP contribution in [-0.4, -0.2) is 36.7 Å². The van der Waals surface area contributed by atoms with Gasteiger partial charge in [0.25, 0.3) is 0 Å². The van der Waals surface area contributed by atoms with Crippen LogP contribution in [0.15, 0.2) is 131 Å². The smallest absolute Gasteiger partial charge is 0.162 e. The topological polar surface area (TPSA) is 53.0 Å². The molecule has 0 saturated carbocycles. The molecule has 208 valence electrons. The van der Waals surface area contributed by atoms with E-state index in [4.69, 9.17) is 14.7 Å². The molecule has 4 aromatic carbocycles. The molecule has 0 spiro atoms. The van der Waals surface area contributed by atoms with Crippen LogP contribution >= 0.6 is 0 Å². The van der Waals surface area contributed by atoms with Crippen molar-refractivity contribution < 1.29 is 4.74 Å². The molecule has 1 aliphatic heterocycles. The summed E-state index contributed by atoms with van der Waals surface area (Å²) in [6, 6.07) is 39.6. The van der Waals surface area contributed by atoms with Gasteiger partial charge in [0.2, 0.25) is 0 Å². The van der Waals surface area contributed by atoms with E-state index in [-0.39, 0.29) is 0 Å². The summed E-state index contributed by atoms with van der Waals surface area (Å²) in [6.07, 6.45) is 2.12. The van der Waals surface area contributed by atoms with Crippen LogP contribution in [0.5, 0.6) is 5.75 Å². The molecule has 0 amide bonds.